The summed E-state index contributed by atoms with van der Waals surface area (Å²) in [6.45, 7) is 7.40. The van der Waals surface area contributed by atoms with E-state index in [1.165, 1.54) is 12.8 Å². The van der Waals surface area contributed by atoms with Crippen molar-refractivity contribution in [3.8, 4) is 5.75 Å². The molecule has 0 fully saturated rings. The molecule has 0 aliphatic heterocycles. The number of hydrogen-bond donors (Lipinski definition) is 2. The van der Waals surface area contributed by atoms with Crippen LogP contribution in [0.5, 0.6) is 5.75 Å². The predicted molar refractivity (Wildman–Crippen MR) is 128 cm³/mol. The molecule has 2 N–H and O–H groups in total. The molecule has 0 aliphatic rings. The molecule has 1 atom stereocenters. The molecule has 7 heteroatoms. The first-order valence-corrected chi connectivity index (χ1v) is 9.69. The van der Waals surface area contributed by atoms with Crippen molar-refractivity contribution >= 4 is 35.8 Å². The largest absolute Gasteiger partial charge is 0.497 e. The molecular formula is C21H37IN4O2. The molecule has 6 nitrogen and oxygen atoms in total. The number of benzene rings is 1. The minimum Gasteiger partial charge on any atom is -0.497 e. The van der Waals surface area contributed by atoms with Crippen molar-refractivity contribution in [1.29, 1.82) is 0 Å². The van der Waals surface area contributed by atoms with Gasteiger partial charge in [0.05, 0.1) is 20.2 Å². The first kappa shape index (κ1) is 26.5. The molecule has 0 saturated heterocycles. The van der Waals surface area contributed by atoms with Gasteiger partial charge in [-0.15, -0.1) is 24.0 Å². The monoisotopic (exact) mass is 504 g/mol. The second kappa shape index (κ2) is 14.5. The Balaban J connectivity index is 0.00000729. The van der Waals surface area contributed by atoms with Crippen LogP contribution in [0, 0.1) is 5.92 Å². The number of nitrogens with one attached hydrogen (secondary N) is 2. The molecule has 0 spiro atoms. The number of amides is 1. The van der Waals surface area contributed by atoms with Crippen LogP contribution in [0.25, 0.3) is 0 Å². The molecule has 0 aromatic heterocycles. The molecule has 0 radical (unpaired) electrons. The van der Waals surface area contributed by atoms with Gasteiger partial charge < -0.3 is 20.3 Å². The predicted octanol–water partition coefficient (Wildman–Crippen LogP) is 3.65. The van der Waals surface area contributed by atoms with Crippen LogP contribution in [0.15, 0.2) is 29.3 Å². The first-order chi connectivity index (χ1) is 12.8. The highest BCUT2D eigenvalue weighted by Crippen LogP contribution is 2.12. The van der Waals surface area contributed by atoms with E-state index in [1.807, 2.05) is 24.3 Å². The lowest BCUT2D eigenvalue weighted by molar-refractivity contribution is -0.127. The van der Waals surface area contributed by atoms with Gasteiger partial charge in [-0.2, -0.15) is 0 Å². The van der Waals surface area contributed by atoms with Crippen LogP contribution < -0.4 is 15.4 Å². The average Bonchev–Trinajstić information content (AvgIpc) is 2.63. The third-order valence-electron chi connectivity index (χ3n) is 4.29. The highest BCUT2D eigenvalue weighted by molar-refractivity contribution is 14.0. The van der Waals surface area contributed by atoms with E-state index >= 15 is 0 Å². The topological polar surface area (TPSA) is 66.0 Å². The van der Waals surface area contributed by atoms with E-state index in [0.717, 1.165) is 23.7 Å². The van der Waals surface area contributed by atoms with E-state index < -0.39 is 0 Å². The van der Waals surface area contributed by atoms with Crippen LogP contribution in [-0.2, 0) is 11.3 Å². The minimum absolute atomic E-state index is 0. The van der Waals surface area contributed by atoms with Gasteiger partial charge >= 0.3 is 0 Å². The van der Waals surface area contributed by atoms with Crippen molar-refractivity contribution in [2.75, 3.05) is 27.7 Å². The fraction of sp³-hybridized carbons (Fsp3) is 0.619. The number of rotatable bonds is 10. The van der Waals surface area contributed by atoms with E-state index in [1.54, 1.807) is 26.1 Å². The smallest absolute Gasteiger partial charge is 0.241 e. The van der Waals surface area contributed by atoms with Crippen molar-refractivity contribution in [2.24, 2.45) is 10.9 Å². The molecule has 1 rings (SSSR count). The van der Waals surface area contributed by atoms with Crippen LogP contribution in [0.3, 0.4) is 0 Å². The number of halogens is 1. The Morgan fingerprint density at radius 3 is 2.32 bits per heavy atom. The highest BCUT2D eigenvalue weighted by atomic mass is 127. The SMILES string of the molecule is COc1ccc(CN=C(NCC(=O)N(C)C)NC(C)CCCC(C)C)cc1.I. The molecule has 1 aromatic carbocycles. The van der Waals surface area contributed by atoms with Crippen LogP contribution in [0.2, 0.25) is 0 Å². The maximum absolute atomic E-state index is 11.9. The highest BCUT2D eigenvalue weighted by Gasteiger charge is 2.09. The Bertz CT molecular complexity index is 589. The van der Waals surface area contributed by atoms with E-state index in [0.29, 0.717) is 18.5 Å². The zero-order valence-electron chi connectivity index (χ0n) is 18.1. The molecule has 1 unspecified atom stereocenters. The summed E-state index contributed by atoms with van der Waals surface area (Å²) in [5.41, 5.74) is 1.09. The lowest BCUT2D eigenvalue weighted by atomic mass is 10.0. The third-order valence-corrected chi connectivity index (χ3v) is 4.29. The van der Waals surface area contributed by atoms with Crippen LogP contribution in [-0.4, -0.2) is 50.6 Å². The zero-order valence-corrected chi connectivity index (χ0v) is 20.4. The van der Waals surface area contributed by atoms with Crippen LogP contribution in [0.1, 0.15) is 45.6 Å². The summed E-state index contributed by atoms with van der Waals surface area (Å²) in [4.78, 5) is 18.1. The number of carbonyl (C=O) groups excluding carboxylic acids is 1. The number of guanidine groups is 1. The Kier molecular flexibility index (Phi) is 13.7. The quantitative estimate of drug-likeness (QED) is 0.290. The zero-order chi connectivity index (χ0) is 20.2. The van der Waals surface area contributed by atoms with Gasteiger partial charge in [0.1, 0.15) is 5.75 Å². The fourth-order valence-corrected chi connectivity index (χ4v) is 2.51. The molecule has 28 heavy (non-hydrogen) atoms. The van der Waals surface area contributed by atoms with E-state index in [4.69, 9.17) is 4.74 Å². The van der Waals surface area contributed by atoms with E-state index in [-0.39, 0.29) is 36.4 Å². The lowest BCUT2D eigenvalue weighted by Gasteiger charge is -2.19. The van der Waals surface area contributed by atoms with Crippen molar-refractivity contribution in [1.82, 2.24) is 15.5 Å². The average molecular weight is 504 g/mol. The summed E-state index contributed by atoms with van der Waals surface area (Å²) in [5, 5.41) is 6.57. The van der Waals surface area contributed by atoms with E-state index in [9.17, 15) is 4.79 Å². The molecule has 1 amide bonds. The summed E-state index contributed by atoms with van der Waals surface area (Å²) >= 11 is 0. The number of carbonyl (C=O) groups is 1. The van der Waals surface area contributed by atoms with Gasteiger partial charge in [-0.3, -0.25) is 4.79 Å². The van der Waals surface area contributed by atoms with Gasteiger partial charge in [-0.25, -0.2) is 4.99 Å². The van der Waals surface area contributed by atoms with E-state index in [2.05, 4.69) is 36.4 Å². The van der Waals surface area contributed by atoms with Crippen molar-refractivity contribution in [3.63, 3.8) is 0 Å². The number of nitrogens with zero attached hydrogens (tertiary/aromatic N) is 2. The van der Waals surface area contributed by atoms with Gasteiger partial charge in [0, 0.05) is 20.1 Å². The molecule has 0 aliphatic carbocycles. The van der Waals surface area contributed by atoms with Crippen molar-refractivity contribution in [3.05, 3.63) is 29.8 Å². The Hall–Kier alpha value is -1.51. The third kappa shape index (κ3) is 11.4. The number of hydrogen-bond acceptors (Lipinski definition) is 3. The number of likely N-dealkylation sites (N-methyl/N-ethyl adjacent to an activating group) is 1. The minimum atomic E-state index is 0. The Morgan fingerprint density at radius 1 is 1.14 bits per heavy atom. The molecule has 0 heterocycles. The van der Waals surface area contributed by atoms with Crippen molar-refractivity contribution < 1.29 is 9.53 Å². The number of ether oxygens (including phenoxy) is 1. The molecule has 0 bridgehead atoms. The summed E-state index contributed by atoms with van der Waals surface area (Å²) in [6.07, 6.45) is 3.47. The number of aliphatic imine (C=N–C) groups is 1. The summed E-state index contributed by atoms with van der Waals surface area (Å²) in [5.74, 6) is 2.23. The lowest BCUT2D eigenvalue weighted by Crippen LogP contribution is -2.46. The molecule has 160 valence electrons. The maximum atomic E-state index is 11.9. The Morgan fingerprint density at radius 2 is 1.79 bits per heavy atom. The van der Waals surface area contributed by atoms with Gasteiger partial charge in [0.15, 0.2) is 5.96 Å². The first-order valence-electron chi connectivity index (χ1n) is 9.69. The molecule has 0 saturated carbocycles. The van der Waals surface area contributed by atoms with Gasteiger partial charge in [-0.1, -0.05) is 38.8 Å². The molecular weight excluding hydrogens is 467 g/mol. The Labute approximate surface area is 187 Å². The summed E-state index contributed by atoms with van der Waals surface area (Å²) in [7, 11) is 5.15. The standard InChI is InChI=1S/C21H36N4O2.HI/c1-16(2)8-7-9-17(3)24-21(23-15-20(26)25(4)5)22-14-18-10-12-19(27-6)13-11-18;/h10-13,16-17H,7-9,14-15H2,1-6H3,(H2,22,23,24);1H. The summed E-state index contributed by atoms with van der Waals surface area (Å²) < 4.78 is 5.19. The fourth-order valence-electron chi connectivity index (χ4n) is 2.51. The van der Waals surface area contributed by atoms with Gasteiger partial charge in [-0.05, 0) is 37.0 Å². The van der Waals surface area contributed by atoms with Crippen LogP contribution in [0.4, 0.5) is 0 Å². The van der Waals surface area contributed by atoms with Gasteiger partial charge in [0.25, 0.3) is 0 Å². The second-order valence-corrected chi connectivity index (χ2v) is 7.52. The second-order valence-electron chi connectivity index (χ2n) is 7.52. The van der Waals surface area contributed by atoms with Crippen molar-refractivity contribution in [2.45, 2.75) is 52.6 Å². The normalized spacial score (nSPS) is 12.2. The van der Waals surface area contributed by atoms with Gasteiger partial charge in [0.2, 0.25) is 5.91 Å². The maximum Gasteiger partial charge on any atom is 0.241 e. The summed E-state index contributed by atoms with van der Waals surface area (Å²) in [6, 6.07) is 8.14. The number of methoxy groups -OCH3 is 1. The molecule has 1 aromatic rings. The van der Waals surface area contributed by atoms with Crippen LogP contribution >= 0.6 is 24.0 Å².